The second-order valence-corrected chi connectivity index (χ2v) is 6.44. The molecule has 0 aromatic heterocycles. The zero-order valence-electron chi connectivity index (χ0n) is 15.0. The van der Waals surface area contributed by atoms with E-state index in [4.69, 9.17) is 17.0 Å². The molecule has 7 heteroatoms. The molecule has 0 spiro atoms. The summed E-state index contributed by atoms with van der Waals surface area (Å²) < 4.78 is 18.6. The minimum atomic E-state index is -0.408. The molecular weight excluding hydrogens is 365 g/mol. The average Bonchev–Trinajstić information content (AvgIpc) is 2.64. The summed E-state index contributed by atoms with van der Waals surface area (Å²) in [5, 5.41) is 9.39. The third-order valence-electron chi connectivity index (χ3n) is 4.14. The van der Waals surface area contributed by atoms with E-state index in [-0.39, 0.29) is 11.7 Å². The Morgan fingerprint density at radius 1 is 1.19 bits per heavy atom. The predicted molar refractivity (Wildman–Crippen MR) is 107 cm³/mol. The number of benzene rings is 2. The van der Waals surface area contributed by atoms with Crippen molar-refractivity contribution < 1.29 is 13.9 Å². The van der Waals surface area contributed by atoms with Crippen LogP contribution in [0.3, 0.4) is 0 Å². The van der Waals surface area contributed by atoms with Crippen LogP contribution in [-0.4, -0.2) is 17.6 Å². The Balaban J connectivity index is 1.89. The number of carbonyl (C=O) groups excluding carboxylic acids is 1. The number of halogens is 1. The summed E-state index contributed by atoms with van der Waals surface area (Å²) in [5.74, 6) is 0.110. The lowest BCUT2D eigenvalue weighted by molar-refractivity contribution is -0.113. The molecule has 0 radical (unpaired) electrons. The summed E-state index contributed by atoms with van der Waals surface area (Å²) in [7, 11) is 0. The van der Waals surface area contributed by atoms with Gasteiger partial charge >= 0.3 is 0 Å². The molecule has 140 valence electrons. The summed E-state index contributed by atoms with van der Waals surface area (Å²) >= 11 is 5.26. The number of rotatable bonds is 5. The first kappa shape index (κ1) is 18.8. The topological polar surface area (TPSA) is 62.4 Å². The molecule has 0 aliphatic carbocycles. The SMILES string of the molecule is CCOc1ccc([C@H]2NC(=S)NC(C)=C2C(=O)Nc2ccc(F)cc2)cc1. The van der Waals surface area contributed by atoms with Gasteiger partial charge in [0.25, 0.3) is 5.91 Å². The Hall–Kier alpha value is -2.93. The van der Waals surface area contributed by atoms with Gasteiger partial charge in [-0.1, -0.05) is 12.1 Å². The summed E-state index contributed by atoms with van der Waals surface area (Å²) in [6, 6.07) is 12.7. The standard InChI is InChI=1S/C20H20FN3O2S/c1-3-26-16-10-4-13(5-11-16)18-17(12(2)22-20(27)24-18)19(25)23-15-8-6-14(21)7-9-15/h4-11,18H,3H2,1-2H3,(H,23,25)(H2,22,24,27)/t18-/m1/s1. The number of carbonyl (C=O) groups is 1. The van der Waals surface area contributed by atoms with Crippen molar-refractivity contribution in [2.24, 2.45) is 0 Å². The molecule has 0 saturated heterocycles. The van der Waals surface area contributed by atoms with Crippen molar-refractivity contribution in [3.63, 3.8) is 0 Å². The van der Waals surface area contributed by atoms with E-state index in [9.17, 15) is 9.18 Å². The maximum absolute atomic E-state index is 13.1. The van der Waals surface area contributed by atoms with Gasteiger partial charge in [-0.25, -0.2) is 4.39 Å². The highest BCUT2D eigenvalue weighted by Gasteiger charge is 2.29. The first-order valence-electron chi connectivity index (χ1n) is 8.56. The van der Waals surface area contributed by atoms with Gasteiger partial charge in [0, 0.05) is 11.4 Å². The van der Waals surface area contributed by atoms with Crippen molar-refractivity contribution in [3.8, 4) is 5.75 Å². The molecule has 2 aromatic carbocycles. The lowest BCUT2D eigenvalue weighted by Crippen LogP contribution is -2.45. The normalized spacial score (nSPS) is 16.4. The Morgan fingerprint density at radius 3 is 2.48 bits per heavy atom. The summed E-state index contributed by atoms with van der Waals surface area (Å²) in [6.07, 6.45) is 0. The van der Waals surface area contributed by atoms with Gasteiger partial charge in [-0.3, -0.25) is 4.79 Å². The van der Waals surface area contributed by atoms with Crippen molar-refractivity contribution in [2.75, 3.05) is 11.9 Å². The van der Waals surface area contributed by atoms with Crippen molar-refractivity contribution in [1.82, 2.24) is 10.6 Å². The van der Waals surface area contributed by atoms with Crippen LogP contribution >= 0.6 is 12.2 Å². The van der Waals surface area contributed by atoms with Crippen LogP contribution in [0.25, 0.3) is 0 Å². The zero-order valence-corrected chi connectivity index (χ0v) is 15.8. The summed E-state index contributed by atoms with van der Waals surface area (Å²) in [4.78, 5) is 12.9. The van der Waals surface area contributed by atoms with E-state index >= 15 is 0 Å². The van der Waals surface area contributed by atoms with Crippen LogP contribution in [0.15, 0.2) is 59.8 Å². The fourth-order valence-electron chi connectivity index (χ4n) is 2.90. The molecule has 2 aromatic rings. The van der Waals surface area contributed by atoms with E-state index in [1.54, 1.807) is 6.92 Å². The van der Waals surface area contributed by atoms with Gasteiger partial charge in [0.1, 0.15) is 11.6 Å². The van der Waals surface area contributed by atoms with Gasteiger partial charge in [-0.05, 0) is 68.0 Å². The number of anilines is 1. The van der Waals surface area contributed by atoms with Gasteiger partial charge in [0.2, 0.25) is 0 Å². The molecule has 0 bridgehead atoms. The summed E-state index contributed by atoms with van der Waals surface area (Å²) in [5.41, 5.74) is 2.57. The van der Waals surface area contributed by atoms with Crippen LogP contribution < -0.4 is 20.7 Å². The van der Waals surface area contributed by atoms with Crippen molar-refractivity contribution in [2.45, 2.75) is 19.9 Å². The number of ether oxygens (including phenoxy) is 1. The first-order valence-corrected chi connectivity index (χ1v) is 8.96. The average molecular weight is 385 g/mol. The van der Waals surface area contributed by atoms with Gasteiger partial charge in [-0.2, -0.15) is 0 Å². The minimum absolute atomic E-state index is 0.291. The second-order valence-electron chi connectivity index (χ2n) is 6.03. The van der Waals surface area contributed by atoms with Crippen molar-refractivity contribution in [1.29, 1.82) is 0 Å². The molecule has 5 nitrogen and oxygen atoms in total. The van der Waals surface area contributed by atoms with Crippen LogP contribution in [0.2, 0.25) is 0 Å². The monoisotopic (exact) mass is 385 g/mol. The van der Waals surface area contributed by atoms with Crippen molar-refractivity contribution >= 4 is 28.9 Å². The zero-order chi connectivity index (χ0) is 19.4. The quantitative estimate of drug-likeness (QED) is 0.686. The van der Waals surface area contributed by atoms with E-state index in [0.717, 1.165) is 11.3 Å². The number of amides is 1. The van der Waals surface area contributed by atoms with Crippen LogP contribution in [-0.2, 0) is 4.79 Å². The van der Waals surface area contributed by atoms with Crippen LogP contribution in [0, 0.1) is 5.82 Å². The Kier molecular flexibility index (Phi) is 5.71. The molecule has 3 N–H and O–H groups in total. The molecule has 27 heavy (non-hydrogen) atoms. The van der Waals surface area contributed by atoms with E-state index < -0.39 is 6.04 Å². The van der Waals surface area contributed by atoms with Crippen LogP contribution in [0.5, 0.6) is 5.75 Å². The highest BCUT2D eigenvalue weighted by Crippen LogP contribution is 2.29. The lowest BCUT2D eigenvalue weighted by Gasteiger charge is -2.30. The summed E-state index contributed by atoms with van der Waals surface area (Å²) in [6.45, 7) is 4.30. The van der Waals surface area contributed by atoms with Crippen molar-refractivity contribution in [3.05, 3.63) is 71.2 Å². The Labute approximate surface area is 162 Å². The maximum Gasteiger partial charge on any atom is 0.255 e. The Bertz CT molecular complexity index is 879. The maximum atomic E-state index is 13.1. The molecule has 1 aliphatic heterocycles. The highest BCUT2D eigenvalue weighted by atomic mass is 32.1. The van der Waals surface area contributed by atoms with Crippen LogP contribution in [0.4, 0.5) is 10.1 Å². The van der Waals surface area contributed by atoms with Gasteiger partial charge in [0.15, 0.2) is 5.11 Å². The molecule has 1 heterocycles. The number of allylic oxidation sites excluding steroid dienone is 1. The lowest BCUT2D eigenvalue weighted by atomic mass is 9.95. The number of nitrogens with one attached hydrogen (secondary N) is 3. The largest absolute Gasteiger partial charge is 0.494 e. The molecule has 1 aliphatic rings. The molecule has 0 fully saturated rings. The minimum Gasteiger partial charge on any atom is -0.494 e. The molecule has 3 rings (SSSR count). The van der Waals surface area contributed by atoms with E-state index in [1.165, 1.54) is 24.3 Å². The van der Waals surface area contributed by atoms with Gasteiger partial charge in [0.05, 0.1) is 18.2 Å². The van der Waals surface area contributed by atoms with E-state index in [1.807, 2.05) is 31.2 Å². The third kappa shape index (κ3) is 4.43. The van der Waals surface area contributed by atoms with E-state index in [2.05, 4.69) is 16.0 Å². The smallest absolute Gasteiger partial charge is 0.255 e. The fourth-order valence-corrected chi connectivity index (χ4v) is 3.17. The van der Waals surface area contributed by atoms with Gasteiger partial charge < -0.3 is 20.7 Å². The number of hydrogen-bond acceptors (Lipinski definition) is 3. The highest BCUT2D eigenvalue weighted by molar-refractivity contribution is 7.80. The molecule has 0 saturated carbocycles. The van der Waals surface area contributed by atoms with Gasteiger partial charge in [-0.15, -0.1) is 0 Å². The first-order chi connectivity index (χ1) is 13.0. The molecular formula is C20H20FN3O2S. The molecule has 0 unspecified atom stereocenters. The molecule has 1 atom stereocenters. The number of thiocarbonyl (C=S) groups is 1. The number of hydrogen-bond donors (Lipinski definition) is 3. The van der Waals surface area contributed by atoms with E-state index in [0.29, 0.717) is 28.7 Å². The molecule has 1 amide bonds. The third-order valence-corrected chi connectivity index (χ3v) is 4.36. The van der Waals surface area contributed by atoms with Crippen LogP contribution in [0.1, 0.15) is 25.5 Å². The predicted octanol–water partition coefficient (Wildman–Crippen LogP) is 3.66. The fraction of sp³-hybridized carbons (Fsp3) is 0.200. The Morgan fingerprint density at radius 2 is 1.85 bits per heavy atom. The second kappa shape index (κ2) is 8.18.